The van der Waals surface area contributed by atoms with Crippen LogP contribution in [0.1, 0.15) is 83.5 Å². The molecule has 1 unspecified atom stereocenters. The Hall–Kier alpha value is -2.76. The van der Waals surface area contributed by atoms with Crippen LogP contribution in [0.25, 0.3) is 0 Å². The van der Waals surface area contributed by atoms with Gasteiger partial charge in [-0.05, 0) is 45.1 Å². The lowest BCUT2D eigenvalue weighted by Crippen LogP contribution is -2.38. The molecule has 0 radical (unpaired) electrons. The van der Waals surface area contributed by atoms with E-state index < -0.39 is 39.6 Å². The molecule has 0 aromatic carbocycles. The highest BCUT2D eigenvalue weighted by Gasteiger charge is 2.48. The molecule has 3 heterocycles. The molecule has 3 aliphatic rings. The molecular weight excluding hydrogens is 606 g/mol. The molecule has 3 fully saturated rings. The quantitative estimate of drug-likeness (QED) is 0.0696. The van der Waals surface area contributed by atoms with E-state index in [4.69, 9.17) is 15.1 Å². The fraction of sp³-hybridized carbons (Fsp3) is 0.769. The fourth-order valence-corrected chi connectivity index (χ4v) is 7.54. The van der Waals surface area contributed by atoms with Gasteiger partial charge in [-0.3, -0.25) is 28.6 Å². The number of hydrogen-bond acceptors (Lipinski definition) is 11. The van der Waals surface area contributed by atoms with Gasteiger partial charge in [0.1, 0.15) is 0 Å². The van der Waals surface area contributed by atoms with Crippen molar-refractivity contribution in [2.45, 2.75) is 106 Å². The van der Waals surface area contributed by atoms with Crippen molar-refractivity contribution in [1.29, 1.82) is 0 Å². The van der Waals surface area contributed by atoms with Crippen molar-refractivity contribution in [2.24, 2.45) is 5.73 Å². The zero-order valence-corrected chi connectivity index (χ0v) is 25.7. The van der Waals surface area contributed by atoms with Crippen LogP contribution in [-0.4, -0.2) is 100.0 Å². The monoisotopic (exact) mass is 647 g/mol. The van der Waals surface area contributed by atoms with E-state index in [0.717, 1.165) is 31.4 Å². The Balaban J connectivity index is 1.40. The molecule has 0 aromatic rings. The van der Waals surface area contributed by atoms with Gasteiger partial charge >= 0.3 is 12.0 Å². The topological polar surface area (TPSA) is 223 Å². The number of carbonyl (C=O) groups excluding carboxylic acids is 6. The minimum atomic E-state index is -4.81. The summed E-state index contributed by atoms with van der Waals surface area (Å²) in [5, 5.41) is 4.22. The molecule has 0 aromatic heterocycles. The molecule has 43 heavy (non-hydrogen) atoms. The van der Waals surface area contributed by atoms with Gasteiger partial charge in [0.2, 0.25) is 11.8 Å². The number of carbonyl (C=O) groups is 6. The molecule has 6 amide bonds. The second-order valence-corrected chi connectivity index (χ2v) is 13.8. The molecule has 3 rings (SSSR count). The van der Waals surface area contributed by atoms with E-state index in [1.54, 1.807) is 0 Å². The number of thioether (sulfide) groups is 1. The molecule has 3 saturated heterocycles. The number of urea groups is 1. The van der Waals surface area contributed by atoms with Crippen molar-refractivity contribution in [3.8, 4) is 0 Å². The van der Waals surface area contributed by atoms with Crippen LogP contribution in [0.15, 0.2) is 0 Å². The smallest absolute Gasteiger partial charge is 0.332 e. The summed E-state index contributed by atoms with van der Waals surface area (Å²) in [6, 6.07) is 0.0987. The zero-order valence-electron chi connectivity index (χ0n) is 24.0. The van der Waals surface area contributed by atoms with Gasteiger partial charge in [0.05, 0.1) is 18.5 Å². The average molecular weight is 648 g/mol. The third-order valence-electron chi connectivity index (χ3n) is 7.64. The third-order valence-corrected chi connectivity index (χ3v) is 10.2. The van der Waals surface area contributed by atoms with Crippen LogP contribution in [0.2, 0.25) is 0 Å². The minimum Gasteiger partial charge on any atom is -0.332 e. The van der Waals surface area contributed by atoms with Crippen LogP contribution < -0.4 is 16.4 Å². The van der Waals surface area contributed by atoms with Gasteiger partial charge in [-0.25, -0.2) is 9.59 Å². The maximum atomic E-state index is 13.0. The van der Waals surface area contributed by atoms with Crippen LogP contribution in [0.3, 0.4) is 0 Å². The predicted molar refractivity (Wildman–Crippen MR) is 155 cm³/mol. The third kappa shape index (κ3) is 10.1. The average Bonchev–Trinajstić information content (AvgIpc) is 3.59. The molecule has 0 aliphatic carbocycles. The first-order valence-electron chi connectivity index (χ1n) is 14.7. The Morgan fingerprint density at radius 3 is 2.26 bits per heavy atom. The van der Waals surface area contributed by atoms with Gasteiger partial charge in [0, 0.05) is 36.8 Å². The second-order valence-electron chi connectivity index (χ2n) is 10.9. The Morgan fingerprint density at radius 2 is 1.60 bits per heavy atom. The van der Waals surface area contributed by atoms with E-state index in [9.17, 15) is 37.2 Å². The summed E-state index contributed by atoms with van der Waals surface area (Å²) >= 11 is 1.81. The van der Waals surface area contributed by atoms with Crippen molar-refractivity contribution in [1.82, 2.24) is 20.6 Å². The van der Waals surface area contributed by atoms with E-state index in [-0.39, 0.29) is 72.5 Å². The van der Waals surface area contributed by atoms with Gasteiger partial charge in [-0.15, -0.1) is 5.06 Å². The number of nitrogens with zero attached hydrogens (tertiary/aromatic N) is 2. The first kappa shape index (κ1) is 34.7. The van der Waals surface area contributed by atoms with Crippen molar-refractivity contribution in [3.63, 3.8) is 0 Å². The lowest BCUT2D eigenvalue weighted by Gasteiger charge is -2.21. The summed E-state index contributed by atoms with van der Waals surface area (Å²) in [7, 11) is -4.81. The Bertz CT molecular complexity index is 1170. The van der Waals surface area contributed by atoms with Gasteiger partial charge in [-0.2, -0.15) is 20.2 Å². The molecule has 0 saturated carbocycles. The molecule has 0 spiro atoms. The minimum absolute atomic E-state index is 0.0644. The molecular formula is C26H41N5O10S2. The van der Waals surface area contributed by atoms with E-state index in [0.29, 0.717) is 32.2 Å². The Morgan fingerprint density at radius 1 is 0.953 bits per heavy atom. The van der Waals surface area contributed by atoms with Crippen LogP contribution in [0.5, 0.6) is 0 Å². The normalized spacial score (nSPS) is 23.2. The van der Waals surface area contributed by atoms with Gasteiger partial charge in [0.15, 0.2) is 5.25 Å². The number of nitrogens with two attached hydrogens (primary N) is 1. The molecule has 5 N–H and O–H groups in total. The number of nitrogens with one attached hydrogen (secondary N) is 2. The Kier molecular flexibility index (Phi) is 13.2. The first-order valence-corrected chi connectivity index (χ1v) is 17.2. The summed E-state index contributed by atoms with van der Waals surface area (Å²) in [5.41, 5.74) is 5.52. The van der Waals surface area contributed by atoms with E-state index in [1.165, 1.54) is 4.90 Å². The highest BCUT2D eigenvalue weighted by molar-refractivity contribution is 8.00. The molecule has 242 valence electrons. The number of imide groups is 2. The Labute approximate surface area is 255 Å². The highest BCUT2D eigenvalue weighted by Crippen LogP contribution is 2.33. The molecule has 0 bridgehead atoms. The maximum absolute atomic E-state index is 13.0. The van der Waals surface area contributed by atoms with Crippen molar-refractivity contribution >= 4 is 57.5 Å². The highest BCUT2D eigenvalue weighted by atomic mass is 32.2. The predicted octanol–water partition coefficient (Wildman–Crippen LogP) is 0.620. The van der Waals surface area contributed by atoms with Gasteiger partial charge < -0.3 is 21.2 Å². The van der Waals surface area contributed by atoms with Crippen LogP contribution in [0, 0.1) is 0 Å². The summed E-state index contributed by atoms with van der Waals surface area (Å²) in [6.45, 7) is 0.712. The van der Waals surface area contributed by atoms with Crippen LogP contribution >= 0.6 is 11.8 Å². The van der Waals surface area contributed by atoms with Crippen molar-refractivity contribution in [3.05, 3.63) is 0 Å². The number of amides is 6. The largest absolute Gasteiger partial charge is 0.333 e. The maximum Gasteiger partial charge on any atom is 0.333 e. The summed E-state index contributed by atoms with van der Waals surface area (Å²) in [5.74, 6) is -2.95. The number of hydroxylamine groups is 2. The van der Waals surface area contributed by atoms with Gasteiger partial charge in [0.25, 0.3) is 21.9 Å². The van der Waals surface area contributed by atoms with E-state index >= 15 is 0 Å². The molecule has 3 aliphatic heterocycles. The summed E-state index contributed by atoms with van der Waals surface area (Å²) in [4.78, 5) is 79.4. The molecule has 17 heteroatoms. The number of unbranched alkanes of at least 4 members (excludes halogenated alkanes) is 5. The molecule has 15 nitrogen and oxygen atoms in total. The number of rotatable bonds is 18. The summed E-state index contributed by atoms with van der Waals surface area (Å²) < 4.78 is 31.5. The van der Waals surface area contributed by atoms with Crippen LogP contribution in [-0.2, 0) is 38.9 Å². The fourth-order valence-electron chi connectivity index (χ4n) is 5.30. The SMILES string of the molecule is NCCCCCC(=O)N(CCCCCC(=O)ON1C(=O)CC(S(=O)(=O)O)C1=O)C(=O)CCCC[C@@H]1SC[C@@H]2NC(=O)N[C@@H]21. The molecule has 4 atom stereocenters. The zero-order chi connectivity index (χ0) is 31.6. The van der Waals surface area contributed by atoms with E-state index in [1.807, 2.05) is 11.8 Å². The van der Waals surface area contributed by atoms with Crippen LogP contribution in [0.4, 0.5) is 4.79 Å². The lowest BCUT2D eigenvalue weighted by atomic mass is 10.0. The summed E-state index contributed by atoms with van der Waals surface area (Å²) in [6.07, 6.45) is 5.05. The lowest BCUT2D eigenvalue weighted by molar-refractivity contribution is -0.197. The second kappa shape index (κ2) is 16.4. The van der Waals surface area contributed by atoms with Crippen molar-refractivity contribution in [2.75, 3.05) is 18.8 Å². The van der Waals surface area contributed by atoms with E-state index in [2.05, 4.69) is 10.6 Å². The number of hydrogen-bond donors (Lipinski definition) is 4. The number of fused-ring (bicyclic) bond motifs is 1. The van der Waals surface area contributed by atoms with Crippen molar-refractivity contribution < 1.29 is 46.6 Å². The van der Waals surface area contributed by atoms with Gasteiger partial charge in [-0.1, -0.05) is 19.3 Å². The standard InChI is InChI=1S/C26H41N5O10S2/c27-13-7-1-3-10-20(32)30(21(33)11-6-5-9-18-24-17(16-42-18)28-26(37)29-24)14-8-2-4-12-23(35)41-31-22(34)15-19(25(31)36)43(38,39)40/h17-19,24H,1-16,27H2,(H2,28,29,37)(H,38,39,40)/t17-,18-,19?,24-/m0/s1. The first-order chi connectivity index (χ1) is 20.4.